The van der Waals surface area contributed by atoms with E-state index in [9.17, 15) is 39.6 Å². The number of piperidine rings is 2. The van der Waals surface area contributed by atoms with E-state index in [4.69, 9.17) is 36.6 Å². The highest BCUT2D eigenvalue weighted by Gasteiger charge is 2.27. The van der Waals surface area contributed by atoms with Crippen LogP contribution in [0, 0.1) is 27.7 Å². The highest BCUT2D eigenvalue weighted by atomic mass is 16.5. The normalized spacial score (nSPS) is 14.8. The molecule has 12 aromatic carbocycles. The summed E-state index contributed by atoms with van der Waals surface area (Å²) in [5.41, 5.74) is 16.1. The fourth-order valence-corrected chi connectivity index (χ4v) is 18.9. The number of ether oxygens (including phenoxy) is 4. The molecule has 20 rings (SSSR count). The third-order valence-corrected chi connectivity index (χ3v) is 26.2. The fourth-order valence-electron chi connectivity index (χ4n) is 18.9. The molecule has 4 aliphatic rings. The SMILES string of the molecule is Cc1ccc(-c2c(-c3ccc(OCCC4CCCN4C)cc3)c3ccc(O)cc3oc2=O)cc1.Cc1ccc(-c2c(-c3ccc(OCCN4CCCC4)cc3)c3ccc(O)cc3oc2=O)cc1.Cc1ccc(-c2c(-c3ccc(OCCN4CCCCC4)cc3)c3ccc(O)cc3oc2=O)cc1.Cc1ccc(-c2c(-c3cccc(OCCCN4CCCCC4)c3)c3ccc(O)cc3oc2=O)cc1. The number of aryl methyl sites for hydroxylation is 4. The van der Waals surface area contributed by atoms with Gasteiger partial charge in [0.1, 0.15) is 81.5 Å². The molecule has 136 heavy (non-hydrogen) atoms. The molecule has 0 saturated carbocycles. The van der Waals surface area contributed by atoms with Crippen molar-refractivity contribution in [2.24, 2.45) is 0 Å². The molecule has 696 valence electrons. The molecule has 20 nitrogen and oxygen atoms in total. The van der Waals surface area contributed by atoms with Crippen molar-refractivity contribution in [3.8, 4) is 135 Å². The number of phenolic OH excluding ortho intramolecular Hbond substituents is 4. The van der Waals surface area contributed by atoms with E-state index in [1.807, 2.05) is 222 Å². The second-order valence-electron chi connectivity index (χ2n) is 36.0. The van der Waals surface area contributed by atoms with E-state index in [-0.39, 0.29) is 23.0 Å². The Morgan fingerprint density at radius 1 is 0.279 bits per heavy atom. The molecule has 4 aliphatic heterocycles. The quantitative estimate of drug-likeness (QED) is 0.0306. The smallest absolute Gasteiger partial charge is 0.344 e. The minimum atomic E-state index is -0.435. The average molecular weight is 1820 g/mol. The van der Waals surface area contributed by atoms with Crippen molar-refractivity contribution >= 4 is 43.9 Å². The molecule has 4 aromatic heterocycles. The Kier molecular flexibility index (Phi) is 30.1. The Labute approximate surface area is 791 Å². The molecule has 8 heterocycles. The third-order valence-electron chi connectivity index (χ3n) is 26.2. The summed E-state index contributed by atoms with van der Waals surface area (Å²) in [7, 11) is 2.18. The molecule has 0 radical (unpaired) electrons. The van der Waals surface area contributed by atoms with Crippen molar-refractivity contribution in [3.63, 3.8) is 0 Å². The van der Waals surface area contributed by atoms with Crippen LogP contribution in [0.5, 0.6) is 46.0 Å². The second-order valence-corrected chi connectivity index (χ2v) is 36.0. The molecule has 4 fully saturated rings. The van der Waals surface area contributed by atoms with E-state index in [1.165, 1.54) is 108 Å². The van der Waals surface area contributed by atoms with Crippen molar-refractivity contribution in [2.75, 3.05) is 98.9 Å². The lowest BCUT2D eigenvalue weighted by Crippen LogP contribution is -2.33. The van der Waals surface area contributed by atoms with Gasteiger partial charge in [-0.25, -0.2) is 19.2 Å². The number of rotatable bonds is 25. The van der Waals surface area contributed by atoms with Crippen LogP contribution in [0.4, 0.5) is 0 Å². The zero-order valence-corrected chi connectivity index (χ0v) is 77.8. The number of hydrogen-bond acceptors (Lipinski definition) is 20. The molecule has 4 saturated heterocycles. The van der Waals surface area contributed by atoms with E-state index < -0.39 is 22.5 Å². The lowest BCUT2D eigenvalue weighted by atomic mass is 9.92. The van der Waals surface area contributed by atoms with Crippen molar-refractivity contribution in [2.45, 2.75) is 111 Å². The summed E-state index contributed by atoms with van der Waals surface area (Å²) in [6.45, 7) is 21.8. The van der Waals surface area contributed by atoms with Gasteiger partial charge in [0.15, 0.2) is 0 Å². The van der Waals surface area contributed by atoms with Gasteiger partial charge in [-0.05, 0) is 286 Å². The first-order chi connectivity index (χ1) is 66.2. The third kappa shape index (κ3) is 22.9. The Bertz CT molecular complexity index is 7080. The van der Waals surface area contributed by atoms with Gasteiger partial charge in [-0.3, -0.25) is 9.80 Å². The first kappa shape index (κ1) is 93.5. The molecule has 4 N–H and O–H groups in total. The summed E-state index contributed by atoms with van der Waals surface area (Å²) >= 11 is 0. The molecule has 16 aromatic rings. The van der Waals surface area contributed by atoms with E-state index in [0.29, 0.717) is 77.1 Å². The topological polar surface area (TPSA) is 252 Å². The number of aromatic hydroxyl groups is 4. The van der Waals surface area contributed by atoms with Gasteiger partial charge < -0.3 is 66.8 Å². The Morgan fingerprint density at radius 2 is 0.566 bits per heavy atom. The molecule has 1 unspecified atom stereocenters. The van der Waals surface area contributed by atoms with Crippen LogP contribution in [0.2, 0.25) is 0 Å². The Morgan fingerprint density at radius 3 is 0.890 bits per heavy atom. The summed E-state index contributed by atoms with van der Waals surface area (Å²) in [6.07, 6.45) is 14.8. The summed E-state index contributed by atoms with van der Waals surface area (Å²) in [5.74, 6) is 3.43. The van der Waals surface area contributed by atoms with Gasteiger partial charge in [-0.15, -0.1) is 0 Å². The lowest BCUT2D eigenvalue weighted by Gasteiger charge is -2.26. The molecule has 0 spiro atoms. The minimum absolute atomic E-state index is 0.0560. The Hall–Kier alpha value is -14.3. The molecular formula is C116H116N4O16. The van der Waals surface area contributed by atoms with Crippen LogP contribution in [0.25, 0.3) is 133 Å². The maximum absolute atomic E-state index is 13.2. The van der Waals surface area contributed by atoms with Crippen molar-refractivity contribution in [3.05, 3.63) is 331 Å². The standard InChI is InChI=1S/C30H31NO4.2C29H29NO4.C28H27NO4/c1-21-9-11-22(12-10-21)29-28(26-14-13-24(32)20-27(26)35-30(29)33)23-7-5-8-25(19-23)34-18-6-17-31-15-3-2-4-16-31;1-19-5-7-21(8-6-19)28-27(25-14-11-23(31)18-26(25)34-29(28)32)20-9-12-24(13-10-20)33-17-15-22-4-3-16-30(22)2;1-20-5-7-22(8-6-20)28-27(25-14-11-23(31)19-26(25)34-29(28)32)21-9-12-24(13-10-21)33-18-17-30-15-3-2-4-16-30;1-19-4-6-21(7-5-19)27-26(24-13-10-22(30)18-25(24)33-28(27)31)20-8-11-23(12-9-20)32-17-16-29-14-2-3-15-29/h5,7-14,19-20,32H,2-4,6,15-18H2,1H3;5-14,18,22,31H,3-4,15-17H2,1-2H3;5-14,19,31H,2-4,15-18H2,1H3;4-13,18,30H,2-3,14-17H2,1H3. The predicted molar refractivity (Wildman–Crippen MR) is 542 cm³/mol. The van der Waals surface area contributed by atoms with Gasteiger partial charge in [-0.1, -0.05) is 181 Å². The zero-order valence-electron chi connectivity index (χ0n) is 77.8. The second kappa shape index (κ2) is 43.8. The molecular weight excluding hydrogens is 1710 g/mol. The van der Waals surface area contributed by atoms with Gasteiger partial charge in [0.25, 0.3) is 0 Å². The number of benzene rings is 12. The van der Waals surface area contributed by atoms with E-state index in [1.54, 1.807) is 48.5 Å². The maximum Gasteiger partial charge on any atom is 0.344 e. The Balaban J connectivity index is 0.000000126. The van der Waals surface area contributed by atoms with Crippen LogP contribution >= 0.6 is 0 Å². The van der Waals surface area contributed by atoms with E-state index >= 15 is 0 Å². The summed E-state index contributed by atoms with van der Waals surface area (Å²) in [5, 5.41) is 42.8. The number of nitrogens with zero attached hydrogens (tertiary/aromatic N) is 4. The van der Waals surface area contributed by atoms with Crippen molar-refractivity contribution in [1.29, 1.82) is 0 Å². The molecule has 20 heteroatoms. The molecule has 0 aliphatic carbocycles. The van der Waals surface area contributed by atoms with E-state index in [0.717, 1.165) is 192 Å². The first-order valence-electron chi connectivity index (χ1n) is 47.5. The summed E-state index contributed by atoms with van der Waals surface area (Å²) in [6, 6.07) is 83.0. The number of hydrogen-bond donors (Lipinski definition) is 4. The monoisotopic (exact) mass is 1820 g/mol. The van der Waals surface area contributed by atoms with Crippen LogP contribution in [0.15, 0.2) is 304 Å². The lowest BCUT2D eigenvalue weighted by molar-refractivity contribution is 0.183. The van der Waals surface area contributed by atoms with Crippen LogP contribution in [-0.4, -0.2) is 145 Å². The number of phenols is 4. The first-order valence-corrected chi connectivity index (χ1v) is 47.5. The maximum atomic E-state index is 13.2. The van der Waals surface area contributed by atoms with Crippen molar-refractivity contribution < 1.29 is 57.0 Å². The van der Waals surface area contributed by atoms with Crippen LogP contribution in [-0.2, 0) is 0 Å². The molecule has 0 bridgehead atoms. The van der Waals surface area contributed by atoms with Crippen molar-refractivity contribution in [1.82, 2.24) is 19.6 Å². The minimum Gasteiger partial charge on any atom is -0.508 e. The molecule has 0 amide bonds. The predicted octanol–water partition coefficient (Wildman–Crippen LogP) is 24.0. The summed E-state index contributed by atoms with van der Waals surface area (Å²) in [4.78, 5) is 62.3. The van der Waals surface area contributed by atoms with Crippen LogP contribution in [0.1, 0.15) is 99.3 Å². The van der Waals surface area contributed by atoms with Crippen LogP contribution < -0.4 is 41.4 Å². The number of fused-ring (bicyclic) bond motifs is 4. The van der Waals surface area contributed by atoms with Gasteiger partial charge >= 0.3 is 22.5 Å². The van der Waals surface area contributed by atoms with Gasteiger partial charge in [-0.2, -0.15) is 0 Å². The van der Waals surface area contributed by atoms with E-state index in [2.05, 4.69) is 26.6 Å². The van der Waals surface area contributed by atoms with Crippen LogP contribution in [0.3, 0.4) is 0 Å². The number of likely N-dealkylation sites (tertiary alicyclic amines) is 4. The summed E-state index contributed by atoms with van der Waals surface area (Å²) < 4.78 is 46.6. The average Bonchev–Trinajstić information content (AvgIpc) is 0.825. The zero-order chi connectivity index (χ0) is 94.1. The van der Waals surface area contributed by atoms with Gasteiger partial charge in [0.05, 0.1) is 35.5 Å². The highest BCUT2D eigenvalue weighted by molar-refractivity contribution is 6.05. The molecule has 1 atom stereocenters. The van der Waals surface area contributed by atoms with Gasteiger partial charge in [0.2, 0.25) is 0 Å². The highest BCUT2D eigenvalue weighted by Crippen LogP contribution is 2.44. The fraction of sp³-hybridized carbons (Fsp3) is 0.276. The largest absolute Gasteiger partial charge is 0.508 e. The van der Waals surface area contributed by atoms with Gasteiger partial charge in [0, 0.05) is 93.7 Å².